The lowest BCUT2D eigenvalue weighted by molar-refractivity contribution is -0.122. The van der Waals surface area contributed by atoms with Crippen LogP contribution in [-0.4, -0.2) is 53.2 Å². The van der Waals surface area contributed by atoms with Crippen LogP contribution in [0.25, 0.3) is 0 Å². The average molecular weight is 683 g/mol. The predicted octanol–water partition coefficient (Wildman–Crippen LogP) is 4.14. The molecular formula is C32H31ClN4O7S2. The zero-order valence-electron chi connectivity index (χ0n) is 24.7. The number of aryl methyl sites for hydroxylation is 1. The van der Waals surface area contributed by atoms with Gasteiger partial charge < -0.3 is 4.74 Å². The van der Waals surface area contributed by atoms with Gasteiger partial charge in [0.2, 0.25) is 10.0 Å². The molecular weight excluding hydrogens is 652 g/mol. The Morgan fingerprint density at radius 2 is 1.59 bits per heavy atom. The molecule has 0 saturated heterocycles. The van der Waals surface area contributed by atoms with E-state index in [1.807, 2.05) is 12.1 Å². The van der Waals surface area contributed by atoms with Crippen molar-refractivity contribution < 1.29 is 31.2 Å². The van der Waals surface area contributed by atoms with Crippen LogP contribution in [0.5, 0.6) is 5.75 Å². The van der Waals surface area contributed by atoms with Gasteiger partial charge in [0.15, 0.2) is 0 Å². The van der Waals surface area contributed by atoms with E-state index in [0.29, 0.717) is 22.7 Å². The molecule has 46 heavy (non-hydrogen) atoms. The number of fused-ring (bicyclic) bond motifs is 1. The maximum Gasteiger partial charge on any atom is 0.269 e. The van der Waals surface area contributed by atoms with Crippen molar-refractivity contribution in [1.29, 1.82) is 0 Å². The van der Waals surface area contributed by atoms with Crippen LogP contribution in [0.2, 0.25) is 5.02 Å². The number of nitrogens with zero attached hydrogens (tertiary/aromatic N) is 2. The molecule has 0 aliphatic carbocycles. The van der Waals surface area contributed by atoms with Crippen LogP contribution in [0.3, 0.4) is 0 Å². The molecule has 0 radical (unpaired) electrons. The summed E-state index contributed by atoms with van der Waals surface area (Å²) in [6, 6.07) is 25.4. The normalized spacial score (nSPS) is 13.2. The molecule has 2 N–H and O–H groups in total. The number of para-hydroxylation sites is 1. The van der Waals surface area contributed by atoms with Crippen LogP contribution in [0.15, 0.2) is 107 Å². The highest BCUT2D eigenvalue weighted by Crippen LogP contribution is 2.35. The Bertz CT molecular complexity index is 1960. The Kier molecular flexibility index (Phi) is 9.97. The van der Waals surface area contributed by atoms with Crippen molar-refractivity contribution in [2.24, 2.45) is 0 Å². The maximum atomic E-state index is 13.8. The summed E-state index contributed by atoms with van der Waals surface area (Å²) in [4.78, 5) is 25.8. The number of nitrogens with one attached hydrogen (secondary N) is 2. The molecule has 4 aromatic carbocycles. The fourth-order valence-electron chi connectivity index (χ4n) is 5.05. The minimum Gasteiger partial charge on any atom is -0.495 e. The van der Waals surface area contributed by atoms with Gasteiger partial charge in [-0.15, -0.1) is 0 Å². The van der Waals surface area contributed by atoms with E-state index in [-0.39, 0.29) is 34.2 Å². The Hall–Kier alpha value is -4.43. The Morgan fingerprint density at radius 1 is 0.891 bits per heavy atom. The third kappa shape index (κ3) is 7.18. The quantitative estimate of drug-likeness (QED) is 0.240. The Morgan fingerprint density at radius 3 is 2.30 bits per heavy atom. The molecule has 0 saturated carbocycles. The number of sulfonamides is 2. The maximum absolute atomic E-state index is 13.8. The van der Waals surface area contributed by atoms with Gasteiger partial charge in [-0.2, -0.15) is 4.31 Å². The van der Waals surface area contributed by atoms with Gasteiger partial charge in [0.1, 0.15) is 10.6 Å². The molecule has 1 heterocycles. The second-order valence-electron chi connectivity index (χ2n) is 10.4. The van der Waals surface area contributed by atoms with Gasteiger partial charge in [-0.3, -0.25) is 24.7 Å². The molecule has 4 aromatic rings. The lowest BCUT2D eigenvalue weighted by atomic mass is 10.0. The van der Waals surface area contributed by atoms with Crippen LogP contribution in [0.4, 0.5) is 5.69 Å². The van der Waals surface area contributed by atoms with Crippen LogP contribution in [0, 0.1) is 0 Å². The number of methoxy groups -OCH3 is 1. The molecule has 11 nitrogen and oxygen atoms in total. The third-order valence-corrected chi connectivity index (χ3v) is 11.2. The highest BCUT2D eigenvalue weighted by Gasteiger charge is 2.32. The zero-order valence-corrected chi connectivity index (χ0v) is 27.1. The zero-order chi connectivity index (χ0) is 32.9. The number of hydrazine groups is 1. The van der Waals surface area contributed by atoms with Gasteiger partial charge in [-0.1, -0.05) is 60.1 Å². The van der Waals surface area contributed by atoms with E-state index >= 15 is 0 Å². The van der Waals surface area contributed by atoms with Crippen molar-refractivity contribution in [3.63, 3.8) is 0 Å². The average Bonchev–Trinajstić information content (AvgIpc) is 3.07. The van der Waals surface area contributed by atoms with Crippen molar-refractivity contribution in [1.82, 2.24) is 15.2 Å². The molecule has 0 bridgehead atoms. The highest BCUT2D eigenvalue weighted by atomic mass is 35.5. The van der Waals surface area contributed by atoms with Gasteiger partial charge in [-0.25, -0.2) is 16.8 Å². The van der Waals surface area contributed by atoms with Gasteiger partial charge in [0.25, 0.3) is 21.8 Å². The molecule has 0 aromatic heterocycles. The number of ether oxygens (including phenoxy) is 1. The fraction of sp³-hybridized carbons (Fsp3) is 0.188. The summed E-state index contributed by atoms with van der Waals surface area (Å²) in [6.07, 6.45) is 1.37. The van der Waals surface area contributed by atoms with Gasteiger partial charge in [0, 0.05) is 23.7 Å². The summed E-state index contributed by atoms with van der Waals surface area (Å²) in [7, 11) is -6.95. The van der Waals surface area contributed by atoms with E-state index in [1.54, 1.807) is 42.5 Å². The summed E-state index contributed by atoms with van der Waals surface area (Å²) in [5.41, 5.74) is 6.51. The van der Waals surface area contributed by atoms with Crippen LogP contribution in [0.1, 0.15) is 27.9 Å². The number of anilines is 1. The van der Waals surface area contributed by atoms with Crippen molar-refractivity contribution in [2.75, 3.05) is 24.5 Å². The number of halogens is 1. The van der Waals surface area contributed by atoms with Crippen molar-refractivity contribution >= 4 is 49.1 Å². The second kappa shape index (κ2) is 13.9. The SMILES string of the molecule is COc1ccc(C(=O)NNC(=O)CN(Cc2ccccc2)S(=O)(=O)c2ccc(Cl)cc2)cc1S(=O)(=O)N1CCCc2ccccc21. The number of benzene rings is 4. The summed E-state index contributed by atoms with van der Waals surface area (Å²) in [5.74, 6) is -1.60. The summed E-state index contributed by atoms with van der Waals surface area (Å²) >= 11 is 5.93. The van der Waals surface area contributed by atoms with Gasteiger partial charge >= 0.3 is 0 Å². The summed E-state index contributed by atoms with van der Waals surface area (Å²) < 4.78 is 62.3. The summed E-state index contributed by atoms with van der Waals surface area (Å²) in [5, 5.41) is 0.351. The Balaban J connectivity index is 1.33. The lowest BCUT2D eigenvalue weighted by Crippen LogP contribution is -2.47. The molecule has 240 valence electrons. The standard InChI is InChI=1S/C32H31ClN4O7S2/c1-44-29-18-13-25(20-30(29)46(42,43)37-19-7-11-24-10-5-6-12-28(24)37)32(39)35-34-31(38)22-36(21-23-8-3-2-4-9-23)45(40,41)27-16-14-26(33)15-17-27/h2-6,8-10,12-18,20H,7,11,19,21-22H2,1H3,(H,34,38)(H,35,39). The molecule has 5 rings (SSSR count). The first-order chi connectivity index (χ1) is 22.0. The van der Waals surface area contributed by atoms with Gasteiger partial charge in [0.05, 0.1) is 24.2 Å². The van der Waals surface area contributed by atoms with E-state index in [2.05, 4.69) is 10.9 Å². The van der Waals surface area contributed by atoms with Crippen molar-refractivity contribution in [3.05, 3.63) is 119 Å². The Labute approximate surface area is 272 Å². The molecule has 1 aliphatic heterocycles. The first-order valence-corrected chi connectivity index (χ1v) is 17.4. The van der Waals surface area contributed by atoms with E-state index in [0.717, 1.165) is 16.3 Å². The molecule has 1 aliphatic rings. The van der Waals surface area contributed by atoms with Crippen molar-refractivity contribution in [2.45, 2.75) is 29.2 Å². The molecule has 14 heteroatoms. The van der Waals surface area contributed by atoms with E-state index in [9.17, 15) is 26.4 Å². The monoisotopic (exact) mass is 682 g/mol. The third-order valence-electron chi connectivity index (χ3n) is 7.35. The van der Waals surface area contributed by atoms with E-state index < -0.39 is 38.4 Å². The topological polar surface area (TPSA) is 142 Å². The molecule has 2 amide bonds. The molecule has 0 fully saturated rings. The molecule has 0 atom stereocenters. The largest absolute Gasteiger partial charge is 0.495 e. The van der Waals surface area contributed by atoms with E-state index in [1.165, 1.54) is 53.9 Å². The van der Waals surface area contributed by atoms with Crippen LogP contribution >= 0.6 is 11.6 Å². The number of rotatable bonds is 10. The van der Waals surface area contributed by atoms with Crippen LogP contribution < -0.4 is 19.9 Å². The molecule has 0 unspecified atom stereocenters. The smallest absolute Gasteiger partial charge is 0.269 e. The number of amides is 2. The number of hydrogen-bond donors (Lipinski definition) is 2. The second-order valence-corrected chi connectivity index (χ2v) is 14.6. The minimum atomic E-state index is -4.15. The van der Waals surface area contributed by atoms with Crippen LogP contribution in [-0.2, 0) is 37.8 Å². The van der Waals surface area contributed by atoms with Crippen molar-refractivity contribution in [3.8, 4) is 5.75 Å². The number of carbonyl (C=O) groups is 2. The highest BCUT2D eigenvalue weighted by molar-refractivity contribution is 7.93. The number of carbonyl (C=O) groups excluding carboxylic acids is 2. The number of hydrogen-bond acceptors (Lipinski definition) is 7. The van der Waals surface area contributed by atoms with E-state index in [4.69, 9.17) is 16.3 Å². The fourth-order valence-corrected chi connectivity index (χ4v) is 8.29. The first-order valence-electron chi connectivity index (χ1n) is 14.2. The first kappa shape index (κ1) is 32.9. The predicted molar refractivity (Wildman–Crippen MR) is 173 cm³/mol. The summed E-state index contributed by atoms with van der Waals surface area (Å²) in [6.45, 7) is -0.489. The van der Waals surface area contributed by atoms with Gasteiger partial charge in [-0.05, 0) is 72.5 Å². The lowest BCUT2D eigenvalue weighted by Gasteiger charge is -2.31. The minimum absolute atomic E-state index is 0.0487. The molecule has 0 spiro atoms.